The molecule has 0 atom stereocenters. The molecule has 17 heavy (non-hydrogen) atoms. The second kappa shape index (κ2) is 3.94. The Morgan fingerprint density at radius 3 is 1.71 bits per heavy atom. The molecule has 1 rings (SSSR count). The van der Waals surface area contributed by atoms with Crippen LogP contribution in [0.25, 0.3) is 0 Å². The number of hydrogen-bond acceptors (Lipinski definition) is 2. The number of nitrogen functional groups attached to an aromatic ring is 2. The standard InChI is InChI=1S/C15H26N2/c1-9-11(16)8-10(14(2,3)4)12(13(9)17)15(5,6)7/h8H,16-17H2,1-7H3. The largest absolute Gasteiger partial charge is 0.398 e. The molecule has 0 aliphatic heterocycles. The molecule has 0 saturated carbocycles. The van der Waals surface area contributed by atoms with Gasteiger partial charge >= 0.3 is 0 Å². The average Bonchev–Trinajstić information content (AvgIpc) is 2.09. The van der Waals surface area contributed by atoms with E-state index in [1.165, 1.54) is 11.1 Å². The van der Waals surface area contributed by atoms with Gasteiger partial charge in [-0.05, 0) is 40.5 Å². The predicted molar refractivity (Wildman–Crippen MR) is 77.4 cm³/mol. The van der Waals surface area contributed by atoms with Crippen LogP contribution in [-0.4, -0.2) is 0 Å². The molecule has 1 aromatic rings. The Morgan fingerprint density at radius 1 is 0.882 bits per heavy atom. The molecule has 2 nitrogen and oxygen atoms in total. The molecule has 0 aromatic heterocycles. The zero-order valence-electron chi connectivity index (χ0n) is 12.2. The van der Waals surface area contributed by atoms with E-state index in [1.54, 1.807) is 0 Å². The van der Waals surface area contributed by atoms with Crippen LogP contribution in [0.4, 0.5) is 11.4 Å². The van der Waals surface area contributed by atoms with Crippen LogP contribution in [0, 0.1) is 6.92 Å². The molecule has 0 spiro atoms. The minimum Gasteiger partial charge on any atom is -0.398 e. The minimum absolute atomic E-state index is 0.0329. The summed E-state index contributed by atoms with van der Waals surface area (Å²) in [5.41, 5.74) is 17.6. The molecular weight excluding hydrogens is 208 g/mol. The van der Waals surface area contributed by atoms with Gasteiger partial charge in [-0.15, -0.1) is 0 Å². The third kappa shape index (κ3) is 2.56. The highest BCUT2D eigenvalue weighted by atomic mass is 14.6. The van der Waals surface area contributed by atoms with Gasteiger partial charge in [0.2, 0.25) is 0 Å². The summed E-state index contributed by atoms with van der Waals surface area (Å²) in [6.07, 6.45) is 0. The molecule has 4 N–H and O–H groups in total. The Balaban J connectivity index is 3.71. The van der Waals surface area contributed by atoms with E-state index in [4.69, 9.17) is 11.5 Å². The first-order valence-electron chi connectivity index (χ1n) is 6.15. The van der Waals surface area contributed by atoms with Crippen molar-refractivity contribution in [1.29, 1.82) is 0 Å². The van der Waals surface area contributed by atoms with E-state index < -0.39 is 0 Å². The van der Waals surface area contributed by atoms with Crippen molar-refractivity contribution in [3.05, 3.63) is 22.8 Å². The van der Waals surface area contributed by atoms with Crippen LogP contribution in [0.2, 0.25) is 0 Å². The molecule has 0 heterocycles. The third-order valence-corrected chi connectivity index (χ3v) is 3.23. The van der Waals surface area contributed by atoms with Crippen LogP contribution >= 0.6 is 0 Å². The lowest BCUT2D eigenvalue weighted by atomic mass is 9.73. The highest BCUT2D eigenvalue weighted by molar-refractivity contribution is 5.70. The fourth-order valence-corrected chi connectivity index (χ4v) is 2.22. The fourth-order valence-electron chi connectivity index (χ4n) is 2.22. The van der Waals surface area contributed by atoms with Crippen LogP contribution in [0.1, 0.15) is 58.2 Å². The molecule has 0 amide bonds. The van der Waals surface area contributed by atoms with Crippen LogP contribution < -0.4 is 11.5 Å². The minimum atomic E-state index is 0.0329. The van der Waals surface area contributed by atoms with Gasteiger partial charge in [0.05, 0.1) is 0 Å². The molecule has 0 radical (unpaired) electrons. The summed E-state index contributed by atoms with van der Waals surface area (Å²) in [6.45, 7) is 15.2. The van der Waals surface area contributed by atoms with E-state index in [2.05, 4.69) is 47.6 Å². The van der Waals surface area contributed by atoms with Gasteiger partial charge in [-0.3, -0.25) is 0 Å². The smallest absolute Gasteiger partial charge is 0.0405 e. The van der Waals surface area contributed by atoms with E-state index in [-0.39, 0.29) is 10.8 Å². The first-order valence-corrected chi connectivity index (χ1v) is 6.15. The van der Waals surface area contributed by atoms with Gasteiger partial charge in [0, 0.05) is 11.4 Å². The lowest BCUT2D eigenvalue weighted by molar-refractivity contribution is 0.532. The van der Waals surface area contributed by atoms with E-state index in [0.29, 0.717) is 0 Å². The first kappa shape index (κ1) is 13.9. The lowest BCUT2D eigenvalue weighted by Crippen LogP contribution is -2.24. The van der Waals surface area contributed by atoms with Gasteiger partial charge < -0.3 is 11.5 Å². The molecule has 0 bridgehead atoms. The van der Waals surface area contributed by atoms with Crippen LogP contribution in [0.5, 0.6) is 0 Å². The summed E-state index contributed by atoms with van der Waals surface area (Å²) in [5, 5.41) is 0. The maximum absolute atomic E-state index is 6.29. The van der Waals surface area contributed by atoms with E-state index >= 15 is 0 Å². The molecule has 1 aromatic carbocycles. The average molecular weight is 234 g/mol. The Labute approximate surface area is 105 Å². The van der Waals surface area contributed by atoms with Crippen molar-refractivity contribution in [2.45, 2.75) is 59.3 Å². The monoisotopic (exact) mass is 234 g/mol. The van der Waals surface area contributed by atoms with Gasteiger partial charge in [-0.1, -0.05) is 41.5 Å². The zero-order valence-corrected chi connectivity index (χ0v) is 12.2. The van der Waals surface area contributed by atoms with E-state index in [0.717, 1.165) is 16.9 Å². The highest BCUT2D eigenvalue weighted by Gasteiger charge is 2.28. The molecule has 96 valence electrons. The summed E-state index contributed by atoms with van der Waals surface area (Å²) in [4.78, 5) is 0. The van der Waals surface area contributed by atoms with Gasteiger partial charge in [-0.25, -0.2) is 0 Å². The lowest BCUT2D eigenvalue weighted by Gasteiger charge is -2.32. The van der Waals surface area contributed by atoms with Crippen LogP contribution in [-0.2, 0) is 10.8 Å². The van der Waals surface area contributed by atoms with Crippen molar-refractivity contribution in [2.24, 2.45) is 0 Å². The third-order valence-electron chi connectivity index (χ3n) is 3.23. The molecule has 0 unspecified atom stereocenters. The fraction of sp³-hybridized carbons (Fsp3) is 0.600. The van der Waals surface area contributed by atoms with Gasteiger partial charge in [0.1, 0.15) is 0 Å². The molecule has 0 saturated heterocycles. The van der Waals surface area contributed by atoms with Crippen molar-refractivity contribution in [1.82, 2.24) is 0 Å². The van der Waals surface area contributed by atoms with Crippen molar-refractivity contribution in [3.63, 3.8) is 0 Å². The Bertz CT molecular complexity index is 432. The number of hydrogen-bond donors (Lipinski definition) is 2. The summed E-state index contributed by atoms with van der Waals surface area (Å²) in [7, 11) is 0. The summed E-state index contributed by atoms with van der Waals surface area (Å²) in [5.74, 6) is 0. The van der Waals surface area contributed by atoms with Crippen molar-refractivity contribution in [3.8, 4) is 0 Å². The van der Waals surface area contributed by atoms with Gasteiger partial charge in [-0.2, -0.15) is 0 Å². The number of benzene rings is 1. The van der Waals surface area contributed by atoms with Crippen LogP contribution in [0.3, 0.4) is 0 Å². The Kier molecular flexibility index (Phi) is 3.21. The maximum Gasteiger partial charge on any atom is 0.0405 e. The van der Waals surface area contributed by atoms with E-state index in [1.807, 2.05) is 6.92 Å². The summed E-state index contributed by atoms with van der Waals surface area (Å²) in [6, 6.07) is 2.09. The first-order chi connectivity index (χ1) is 7.46. The second-order valence-electron chi connectivity index (χ2n) is 6.93. The molecule has 0 aliphatic rings. The van der Waals surface area contributed by atoms with Gasteiger partial charge in [0.15, 0.2) is 0 Å². The summed E-state index contributed by atoms with van der Waals surface area (Å²) < 4.78 is 0. The van der Waals surface area contributed by atoms with E-state index in [9.17, 15) is 0 Å². The van der Waals surface area contributed by atoms with Crippen molar-refractivity contribution < 1.29 is 0 Å². The quantitative estimate of drug-likeness (QED) is 0.672. The Morgan fingerprint density at radius 2 is 1.35 bits per heavy atom. The molecule has 0 aliphatic carbocycles. The normalized spacial score (nSPS) is 12.9. The number of nitrogens with two attached hydrogens (primary N) is 2. The molecule has 2 heteroatoms. The topological polar surface area (TPSA) is 52.0 Å². The zero-order chi connectivity index (χ0) is 13.6. The van der Waals surface area contributed by atoms with Crippen LogP contribution in [0.15, 0.2) is 6.07 Å². The van der Waals surface area contributed by atoms with Crippen molar-refractivity contribution in [2.75, 3.05) is 11.5 Å². The summed E-state index contributed by atoms with van der Waals surface area (Å²) >= 11 is 0. The maximum atomic E-state index is 6.29. The van der Waals surface area contributed by atoms with Crippen molar-refractivity contribution >= 4 is 11.4 Å². The SMILES string of the molecule is Cc1c(N)cc(C(C)(C)C)c(C(C)(C)C)c1N. The molecular formula is C15H26N2. The van der Waals surface area contributed by atoms with Gasteiger partial charge in [0.25, 0.3) is 0 Å². The number of rotatable bonds is 0. The number of anilines is 2. The molecule has 0 fully saturated rings. The highest BCUT2D eigenvalue weighted by Crippen LogP contribution is 2.40. The Hall–Kier alpha value is -1.18. The second-order valence-corrected chi connectivity index (χ2v) is 6.93. The predicted octanol–water partition coefficient (Wildman–Crippen LogP) is 3.75.